The Balaban J connectivity index is 1.32. The molecule has 1 aliphatic rings. The van der Waals surface area contributed by atoms with Crippen molar-refractivity contribution in [1.29, 1.82) is 0 Å². The van der Waals surface area contributed by atoms with Gasteiger partial charge >= 0.3 is 0 Å². The van der Waals surface area contributed by atoms with Crippen LogP contribution in [-0.4, -0.2) is 65.7 Å². The lowest BCUT2D eigenvalue weighted by Gasteiger charge is -2.44. The molecule has 10 nitrogen and oxygen atoms in total. The van der Waals surface area contributed by atoms with E-state index in [0.717, 1.165) is 36.2 Å². The molecular formula is C20H24N10. The molecule has 1 fully saturated rings. The average molecular weight is 404 g/mol. The number of nitrogens with zero attached hydrogens (tertiary/aromatic N) is 10. The van der Waals surface area contributed by atoms with Gasteiger partial charge in [0.05, 0.1) is 18.4 Å². The first kappa shape index (κ1) is 18.5. The summed E-state index contributed by atoms with van der Waals surface area (Å²) in [6.07, 6.45) is 7.08. The second-order valence-electron chi connectivity index (χ2n) is 8.59. The second-order valence-corrected chi connectivity index (χ2v) is 8.59. The maximum Gasteiger partial charge on any atom is 0.178 e. The third-order valence-corrected chi connectivity index (χ3v) is 5.36. The molecule has 0 amide bonds. The van der Waals surface area contributed by atoms with Gasteiger partial charge in [0.2, 0.25) is 0 Å². The molecule has 30 heavy (non-hydrogen) atoms. The molecule has 5 heterocycles. The minimum Gasteiger partial charge on any atom is -0.352 e. The molecule has 5 rings (SSSR count). The summed E-state index contributed by atoms with van der Waals surface area (Å²) in [6, 6.07) is 6.17. The molecule has 0 radical (unpaired) electrons. The molecule has 0 bridgehead atoms. The van der Waals surface area contributed by atoms with Gasteiger partial charge in [-0.05, 0) is 18.2 Å². The van der Waals surface area contributed by atoms with E-state index in [1.807, 2.05) is 36.0 Å². The highest BCUT2D eigenvalue weighted by Gasteiger charge is 2.32. The zero-order chi connectivity index (χ0) is 20.9. The molecular weight excluding hydrogens is 380 g/mol. The number of hydrogen-bond donors (Lipinski definition) is 0. The Labute approximate surface area is 174 Å². The minimum atomic E-state index is -0.124. The number of likely N-dealkylation sites (N-methyl/N-ethyl adjacent to an activating group) is 1. The highest BCUT2D eigenvalue weighted by Crippen LogP contribution is 2.26. The van der Waals surface area contributed by atoms with Crippen LogP contribution in [0.3, 0.4) is 0 Å². The molecule has 0 unspecified atom stereocenters. The minimum absolute atomic E-state index is 0.124. The van der Waals surface area contributed by atoms with Crippen LogP contribution in [0.25, 0.3) is 11.5 Å². The van der Waals surface area contributed by atoms with Crippen LogP contribution in [0.1, 0.15) is 26.6 Å². The van der Waals surface area contributed by atoms with Gasteiger partial charge in [-0.3, -0.25) is 4.98 Å². The molecule has 0 aliphatic carbocycles. The van der Waals surface area contributed by atoms with Crippen molar-refractivity contribution < 1.29 is 0 Å². The van der Waals surface area contributed by atoms with E-state index >= 15 is 0 Å². The smallest absolute Gasteiger partial charge is 0.178 e. The van der Waals surface area contributed by atoms with Crippen LogP contribution >= 0.6 is 0 Å². The highest BCUT2D eigenvalue weighted by atomic mass is 15.4. The number of aromatic nitrogens is 8. The summed E-state index contributed by atoms with van der Waals surface area (Å²) in [5.41, 5.74) is 0.643. The predicted octanol–water partition coefficient (Wildman–Crippen LogP) is 1.72. The topological polar surface area (TPSA) is 93.2 Å². The lowest BCUT2D eigenvalue weighted by atomic mass is 9.96. The molecule has 0 saturated carbocycles. The molecule has 10 heteroatoms. The molecule has 0 spiro atoms. The van der Waals surface area contributed by atoms with Crippen molar-refractivity contribution in [3.8, 4) is 5.82 Å². The van der Waals surface area contributed by atoms with Crippen LogP contribution in [0.5, 0.6) is 0 Å². The summed E-state index contributed by atoms with van der Waals surface area (Å²) < 4.78 is 3.56. The fourth-order valence-electron chi connectivity index (χ4n) is 3.52. The fourth-order valence-corrected chi connectivity index (χ4v) is 3.52. The normalized spacial score (nSPS) is 14.9. The third kappa shape index (κ3) is 3.14. The van der Waals surface area contributed by atoms with Gasteiger partial charge in [0, 0.05) is 37.9 Å². The molecule has 154 valence electrons. The van der Waals surface area contributed by atoms with E-state index in [1.165, 1.54) is 0 Å². The van der Waals surface area contributed by atoms with Gasteiger partial charge in [0.1, 0.15) is 11.6 Å². The number of hydrogen-bond acceptors (Lipinski definition) is 8. The first-order valence-electron chi connectivity index (χ1n) is 9.93. The molecule has 4 aromatic heterocycles. The Morgan fingerprint density at radius 1 is 1.07 bits per heavy atom. The monoisotopic (exact) mass is 404 g/mol. The summed E-state index contributed by atoms with van der Waals surface area (Å²) in [5, 5.41) is 17.6. The van der Waals surface area contributed by atoms with Crippen LogP contribution < -0.4 is 9.80 Å². The molecule has 1 saturated heterocycles. The van der Waals surface area contributed by atoms with Gasteiger partial charge in [0.25, 0.3) is 0 Å². The van der Waals surface area contributed by atoms with Crippen molar-refractivity contribution in [2.45, 2.75) is 32.2 Å². The van der Waals surface area contributed by atoms with Crippen molar-refractivity contribution in [2.24, 2.45) is 0 Å². The Bertz CT molecular complexity index is 1170. The van der Waals surface area contributed by atoms with Gasteiger partial charge < -0.3 is 9.80 Å². The predicted molar refractivity (Wildman–Crippen MR) is 113 cm³/mol. The first-order chi connectivity index (χ1) is 14.4. The zero-order valence-electron chi connectivity index (χ0n) is 17.5. The summed E-state index contributed by atoms with van der Waals surface area (Å²) >= 11 is 0. The van der Waals surface area contributed by atoms with E-state index < -0.39 is 0 Å². The Morgan fingerprint density at radius 3 is 2.63 bits per heavy atom. The number of rotatable bonds is 4. The highest BCUT2D eigenvalue weighted by molar-refractivity contribution is 5.51. The van der Waals surface area contributed by atoms with Crippen LogP contribution in [-0.2, 0) is 5.41 Å². The van der Waals surface area contributed by atoms with E-state index in [4.69, 9.17) is 10.1 Å². The van der Waals surface area contributed by atoms with E-state index in [-0.39, 0.29) is 5.41 Å². The van der Waals surface area contributed by atoms with Gasteiger partial charge in [-0.2, -0.15) is 9.61 Å². The Morgan fingerprint density at radius 2 is 1.90 bits per heavy atom. The standard InChI is InChI=1S/C20H24N10/c1-20(2,3)19-25-24-15-6-7-16(26-30(15)19)28-12-14(13-28)27(4)17-10-21-11-18(23-17)29-9-5-8-22-29/h5-11,14H,12-13H2,1-4H3. The zero-order valence-corrected chi connectivity index (χ0v) is 17.5. The maximum absolute atomic E-state index is 4.80. The SMILES string of the molecule is CN(c1cncc(-n2cccn2)n1)C1CN(c2ccc3nnc(C(C)(C)C)n3n2)C1. The average Bonchev–Trinajstić information content (AvgIpc) is 3.36. The lowest BCUT2D eigenvalue weighted by Crippen LogP contribution is -2.59. The van der Waals surface area contributed by atoms with Crippen molar-refractivity contribution >= 4 is 17.3 Å². The lowest BCUT2D eigenvalue weighted by molar-refractivity contribution is 0.482. The van der Waals surface area contributed by atoms with Crippen molar-refractivity contribution in [3.05, 3.63) is 48.8 Å². The largest absolute Gasteiger partial charge is 0.352 e. The number of anilines is 2. The maximum atomic E-state index is 4.80. The van der Waals surface area contributed by atoms with Crippen molar-refractivity contribution in [1.82, 2.24) is 39.6 Å². The van der Waals surface area contributed by atoms with Gasteiger partial charge in [0.15, 0.2) is 17.3 Å². The molecule has 0 aromatic carbocycles. The van der Waals surface area contributed by atoms with E-state index in [9.17, 15) is 0 Å². The molecule has 0 N–H and O–H groups in total. The van der Waals surface area contributed by atoms with E-state index in [2.05, 4.69) is 50.9 Å². The van der Waals surface area contributed by atoms with Gasteiger partial charge in [-0.1, -0.05) is 20.8 Å². The summed E-state index contributed by atoms with van der Waals surface area (Å²) in [7, 11) is 2.05. The first-order valence-corrected chi connectivity index (χ1v) is 9.93. The van der Waals surface area contributed by atoms with E-state index in [1.54, 1.807) is 23.3 Å². The van der Waals surface area contributed by atoms with Crippen molar-refractivity contribution in [3.63, 3.8) is 0 Å². The van der Waals surface area contributed by atoms with E-state index in [0.29, 0.717) is 11.9 Å². The summed E-state index contributed by atoms with van der Waals surface area (Å²) in [6.45, 7) is 8.06. The molecule has 0 atom stereocenters. The Kier molecular flexibility index (Phi) is 4.16. The summed E-state index contributed by atoms with van der Waals surface area (Å²) in [4.78, 5) is 13.4. The summed E-state index contributed by atoms with van der Waals surface area (Å²) in [5.74, 6) is 3.31. The molecule has 1 aliphatic heterocycles. The Hall–Kier alpha value is -3.56. The second kappa shape index (κ2) is 6.75. The van der Waals surface area contributed by atoms with Gasteiger partial charge in [-0.15, -0.1) is 15.3 Å². The van der Waals surface area contributed by atoms with Crippen LogP contribution in [0, 0.1) is 0 Å². The van der Waals surface area contributed by atoms with Crippen LogP contribution in [0.15, 0.2) is 43.0 Å². The van der Waals surface area contributed by atoms with Crippen LogP contribution in [0.4, 0.5) is 11.6 Å². The fraction of sp³-hybridized carbons (Fsp3) is 0.400. The third-order valence-electron chi connectivity index (χ3n) is 5.36. The van der Waals surface area contributed by atoms with Crippen molar-refractivity contribution in [2.75, 3.05) is 29.9 Å². The van der Waals surface area contributed by atoms with Gasteiger partial charge in [-0.25, -0.2) is 9.67 Å². The number of fused-ring (bicyclic) bond motifs is 1. The van der Waals surface area contributed by atoms with Crippen LogP contribution in [0.2, 0.25) is 0 Å². The molecule has 4 aromatic rings. The quantitative estimate of drug-likeness (QED) is 0.508.